The highest BCUT2D eigenvalue weighted by atomic mass is 79.9. The van der Waals surface area contributed by atoms with E-state index in [9.17, 15) is 13.2 Å². The molecule has 0 aliphatic rings. The number of halogens is 1. The predicted molar refractivity (Wildman–Crippen MR) is 124 cm³/mol. The van der Waals surface area contributed by atoms with Crippen molar-refractivity contribution in [1.82, 2.24) is 0 Å². The summed E-state index contributed by atoms with van der Waals surface area (Å²) in [5, 5.41) is 2.87. The molecule has 7 heteroatoms. The molecule has 30 heavy (non-hydrogen) atoms. The molecule has 0 unspecified atom stereocenters. The zero-order valence-electron chi connectivity index (χ0n) is 17.0. The van der Waals surface area contributed by atoms with E-state index in [0.717, 1.165) is 25.5 Å². The molecule has 0 aromatic heterocycles. The smallest absolute Gasteiger partial charge is 0.264 e. The van der Waals surface area contributed by atoms with Crippen LogP contribution in [0.4, 0.5) is 11.4 Å². The van der Waals surface area contributed by atoms with Crippen LogP contribution in [0.5, 0.6) is 0 Å². The van der Waals surface area contributed by atoms with Crippen LogP contribution in [0, 0.1) is 20.8 Å². The summed E-state index contributed by atoms with van der Waals surface area (Å²) < 4.78 is 28.7. The summed E-state index contributed by atoms with van der Waals surface area (Å²) in [6, 6.07) is 19.2. The minimum absolute atomic E-state index is 0.132. The second-order valence-corrected chi connectivity index (χ2v) is 9.90. The van der Waals surface area contributed by atoms with E-state index < -0.39 is 15.9 Å². The summed E-state index contributed by atoms with van der Waals surface area (Å²) in [5.74, 6) is -0.414. The van der Waals surface area contributed by atoms with Crippen molar-refractivity contribution in [3.63, 3.8) is 0 Å². The first-order chi connectivity index (χ1) is 14.2. The lowest BCUT2D eigenvalue weighted by molar-refractivity contribution is -0.114. The Kier molecular flexibility index (Phi) is 6.63. The lowest BCUT2D eigenvalue weighted by Gasteiger charge is -2.25. The molecule has 3 aromatic carbocycles. The number of sulfonamides is 1. The third-order valence-corrected chi connectivity index (χ3v) is 7.02. The van der Waals surface area contributed by atoms with Gasteiger partial charge in [0, 0.05) is 10.2 Å². The highest BCUT2D eigenvalue weighted by Crippen LogP contribution is 2.27. The third-order valence-electron chi connectivity index (χ3n) is 4.74. The predicted octanol–water partition coefficient (Wildman–Crippen LogP) is 5.21. The van der Waals surface area contributed by atoms with Gasteiger partial charge in [-0.15, -0.1) is 0 Å². The number of nitrogens with one attached hydrogen (secondary N) is 1. The van der Waals surface area contributed by atoms with Crippen LogP contribution in [0.15, 0.2) is 76.1 Å². The Morgan fingerprint density at radius 2 is 1.53 bits per heavy atom. The summed E-state index contributed by atoms with van der Waals surface area (Å²) >= 11 is 3.38. The number of aryl methyl sites for hydroxylation is 3. The Morgan fingerprint density at radius 1 is 0.933 bits per heavy atom. The van der Waals surface area contributed by atoms with E-state index >= 15 is 0 Å². The van der Waals surface area contributed by atoms with Gasteiger partial charge >= 0.3 is 0 Å². The molecule has 3 rings (SSSR count). The molecule has 0 spiro atoms. The maximum Gasteiger partial charge on any atom is 0.264 e. The number of hydrogen-bond donors (Lipinski definition) is 1. The molecule has 1 N–H and O–H groups in total. The first kappa shape index (κ1) is 22.1. The van der Waals surface area contributed by atoms with E-state index in [1.165, 1.54) is 0 Å². The van der Waals surface area contributed by atoms with Gasteiger partial charge in [0.1, 0.15) is 6.54 Å². The fraction of sp³-hybridized carbons (Fsp3) is 0.174. The Morgan fingerprint density at radius 3 is 2.13 bits per heavy atom. The molecule has 0 bridgehead atoms. The fourth-order valence-electron chi connectivity index (χ4n) is 3.10. The number of carbonyl (C=O) groups is 1. The number of amides is 1. The van der Waals surface area contributed by atoms with Crippen molar-refractivity contribution in [3.8, 4) is 0 Å². The van der Waals surface area contributed by atoms with E-state index in [-0.39, 0.29) is 11.4 Å². The SMILES string of the molecule is Cc1ccc(S(=O)(=O)N(CC(=O)Nc2c(C)cccc2C)c2cccc(Br)c2)cc1. The van der Waals surface area contributed by atoms with Crippen LogP contribution in [0.25, 0.3) is 0 Å². The average Bonchev–Trinajstić information content (AvgIpc) is 2.69. The molecule has 156 valence electrons. The van der Waals surface area contributed by atoms with E-state index in [2.05, 4.69) is 21.2 Å². The number of anilines is 2. The van der Waals surface area contributed by atoms with Gasteiger partial charge in [-0.25, -0.2) is 8.42 Å². The van der Waals surface area contributed by atoms with Gasteiger partial charge in [-0.1, -0.05) is 57.9 Å². The van der Waals surface area contributed by atoms with Crippen LogP contribution in [0.1, 0.15) is 16.7 Å². The van der Waals surface area contributed by atoms with Crippen LogP contribution < -0.4 is 9.62 Å². The standard InChI is InChI=1S/C23H23BrN2O3S/c1-16-10-12-21(13-11-16)30(28,29)26(20-9-5-8-19(24)14-20)15-22(27)25-23-17(2)6-4-7-18(23)3/h4-14H,15H2,1-3H3,(H,25,27). The molecule has 1 amide bonds. The van der Waals surface area contributed by atoms with Crippen molar-refractivity contribution in [2.24, 2.45) is 0 Å². The molecule has 0 aliphatic heterocycles. The van der Waals surface area contributed by atoms with Gasteiger partial charge < -0.3 is 5.32 Å². The number of nitrogens with zero attached hydrogens (tertiary/aromatic N) is 1. The van der Waals surface area contributed by atoms with Gasteiger partial charge in [-0.2, -0.15) is 0 Å². The molecule has 5 nitrogen and oxygen atoms in total. The minimum atomic E-state index is -3.94. The van der Waals surface area contributed by atoms with E-state index in [0.29, 0.717) is 11.4 Å². The molecule has 0 atom stereocenters. The second kappa shape index (κ2) is 9.02. The second-order valence-electron chi connectivity index (χ2n) is 7.12. The molecule has 0 aliphatic carbocycles. The summed E-state index contributed by atoms with van der Waals surface area (Å²) in [6.45, 7) is 5.34. The highest BCUT2D eigenvalue weighted by Gasteiger charge is 2.27. The van der Waals surface area contributed by atoms with Gasteiger partial charge in [-0.05, 0) is 62.2 Å². The Hall–Kier alpha value is -2.64. The van der Waals surface area contributed by atoms with Crippen LogP contribution >= 0.6 is 15.9 Å². The summed E-state index contributed by atoms with van der Waals surface area (Å²) in [5.41, 5.74) is 3.89. The summed E-state index contributed by atoms with van der Waals surface area (Å²) in [7, 11) is -3.94. The molecule has 0 saturated carbocycles. The number of carbonyl (C=O) groups excluding carboxylic acids is 1. The minimum Gasteiger partial charge on any atom is -0.324 e. The number of benzene rings is 3. The van der Waals surface area contributed by atoms with Crippen LogP contribution in [0.2, 0.25) is 0 Å². The van der Waals surface area contributed by atoms with Gasteiger partial charge in [0.05, 0.1) is 10.6 Å². The maximum atomic E-state index is 13.4. The molecular formula is C23H23BrN2O3S. The maximum absolute atomic E-state index is 13.4. The number of para-hydroxylation sites is 1. The lowest BCUT2D eigenvalue weighted by atomic mass is 10.1. The zero-order chi connectivity index (χ0) is 21.9. The van der Waals surface area contributed by atoms with Crippen molar-refractivity contribution < 1.29 is 13.2 Å². The van der Waals surface area contributed by atoms with Crippen molar-refractivity contribution in [1.29, 1.82) is 0 Å². The van der Waals surface area contributed by atoms with Crippen molar-refractivity contribution >= 4 is 43.2 Å². The Balaban J connectivity index is 1.98. The van der Waals surface area contributed by atoms with Gasteiger partial charge in [0.2, 0.25) is 5.91 Å². The van der Waals surface area contributed by atoms with Crippen molar-refractivity contribution in [3.05, 3.63) is 87.9 Å². The largest absolute Gasteiger partial charge is 0.324 e. The summed E-state index contributed by atoms with van der Waals surface area (Å²) in [4.78, 5) is 13.0. The number of hydrogen-bond acceptors (Lipinski definition) is 3. The van der Waals surface area contributed by atoms with Crippen LogP contribution in [0.3, 0.4) is 0 Å². The van der Waals surface area contributed by atoms with E-state index in [1.807, 2.05) is 39.0 Å². The van der Waals surface area contributed by atoms with Crippen molar-refractivity contribution in [2.45, 2.75) is 25.7 Å². The molecule has 0 saturated heterocycles. The first-order valence-electron chi connectivity index (χ1n) is 9.39. The van der Waals surface area contributed by atoms with E-state index in [1.54, 1.807) is 48.5 Å². The Labute approximate surface area is 185 Å². The molecule has 3 aromatic rings. The molecular weight excluding hydrogens is 464 g/mol. The van der Waals surface area contributed by atoms with Crippen molar-refractivity contribution in [2.75, 3.05) is 16.2 Å². The lowest BCUT2D eigenvalue weighted by Crippen LogP contribution is -2.38. The zero-order valence-corrected chi connectivity index (χ0v) is 19.4. The van der Waals surface area contributed by atoms with Gasteiger partial charge in [0.15, 0.2) is 0 Å². The third kappa shape index (κ3) is 4.91. The quantitative estimate of drug-likeness (QED) is 0.519. The molecule has 0 radical (unpaired) electrons. The van der Waals surface area contributed by atoms with Crippen LogP contribution in [-0.4, -0.2) is 20.9 Å². The van der Waals surface area contributed by atoms with Gasteiger partial charge in [-0.3, -0.25) is 9.10 Å². The summed E-state index contributed by atoms with van der Waals surface area (Å²) in [6.07, 6.45) is 0. The average molecular weight is 487 g/mol. The normalized spacial score (nSPS) is 11.2. The molecule has 0 fully saturated rings. The fourth-order valence-corrected chi connectivity index (χ4v) is 4.90. The highest BCUT2D eigenvalue weighted by molar-refractivity contribution is 9.10. The Bertz CT molecular complexity index is 1160. The monoisotopic (exact) mass is 486 g/mol. The first-order valence-corrected chi connectivity index (χ1v) is 11.6. The van der Waals surface area contributed by atoms with Crippen LogP contribution in [-0.2, 0) is 14.8 Å². The van der Waals surface area contributed by atoms with E-state index in [4.69, 9.17) is 0 Å². The van der Waals surface area contributed by atoms with Gasteiger partial charge in [0.25, 0.3) is 10.0 Å². The number of rotatable bonds is 6. The topological polar surface area (TPSA) is 66.5 Å². The molecule has 0 heterocycles.